The number of benzene rings is 1. The molecule has 0 amide bonds. The van der Waals surface area contributed by atoms with Crippen molar-refractivity contribution in [1.82, 2.24) is 0 Å². The molecule has 5 heteroatoms. The third-order valence-corrected chi connectivity index (χ3v) is 4.90. The third-order valence-electron chi connectivity index (χ3n) is 3.83. The Hall–Kier alpha value is -1.55. The van der Waals surface area contributed by atoms with E-state index in [-0.39, 0.29) is 5.56 Å². The van der Waals surface area contributed by atoms with Gasteiger partial charge in [-0.1, -0.05) is 22.6 Å². The Labute approximate surface area is 129 Å². The fourth-order valence-electron chi connectivity index (χ4n) is 2.68. The van der Waals surface area contributed by atoms with Crippen molar-refractivity contribution in [2.45, 2.75) is 19.8 Å². The Bertz CT molecular complexity index is 817. The zero-order chi connectivity index (χ0) is 14.4. The van der Waals surface area contributed by atoms with Gasteiger partial charge in [-0.25, -0.2) is 4.79 Å². The summed E-state index contributed by atoms with van der Waals surface area (Å²) in [7, 11) is 0. The van der Waals surface area contributed by atoms with E-state index in [1.807, 2.05) is 19.1 Å². The van der Waals surface area contributed by atoms with E-state index < -0.39 is 5.63 Å². The summed E-state index contributed by atoms with van der Waals surface area (Å²) in [6.45, 7) is 4.34. The van der Waals surface area contributed by atoms with Crippen LogP contribution in [0.2, 0.25) is 0 Å². The Morgan fingerprint density at radius 1 is 1.45 bits per heavy atom. The van der Waals surface area contributed by atoms with E-state index in [0.29, 0.717) is 23.7 Å². The molecular formula is C15H12INO3. The molecule has 1 atom stereocenters. The van der Waals surface area contributed by atoms with Crippen LogP contribution in [-0.4, -0.2) is 11.0 Å². The summed E-state index contributed by atoms with van der Waals surface area (Å²) in [6.07, 6.45) is 0. The maximum Gasteiger partial charge on any atom is 0.354 e. The Balaban J connectivity index is 2.44. The lowest BCUT2D eigenvalue weighted by Gasteiger charge is -2.10. The van der Waals surface area contributed by atoms with Gasteiger partial charge in [-0.05, 0) is 25.5 Å². The van der Waals surface area contributed by atoms with Crippen molar-refractivity contribution in [3.8, 4) is 11.8 Å². The van der Waals surface area contributed by atoms with Crippen LogP contribution in [0, 0.1) is 25.2 Å². The second-order valence-corrected chi connectivity index (χ2v) is 5.84. The number of ether oxygens (including phenoxy) is 1. The summed E-state index contributed by atoms with van der Waals surface area (Å²) in [5.74, 6) is 1.18. The van der Waals surface area contributed by atoms with Gasteiger partial charge in [-0.15, -0.1) is 0 Å². The largest absolute Gasteiger partial charge is 0.492 e. The lowest BCUT2D eigenvalue weighted by atomic mass is 9.96. The van der Waals surface area contributed by atoms with Gasteiger partial charge in [-0.2, -0.15) is 5.26 Å². The number of nitrogens with zero attached hydrogens (tertiary/aromatic N) is 1. The normalized spacial score (nSPS) is 16.8. The van der Waals surface area contributed by atoms with Crippen LogP contribution in [0.5, 0.6) is 5.75 Å². The van der Waals surface area contributed by atoms with Crippen LogP contribution in [-0.2, 0) is 0 Å². The number of fused-ring (bicyclic) bond motifs is 2. The lowest BCUT2D eigenvalue weighted by Crippen LogP contribution is -2.07. The maximum atomic E-state index is 11.8. The van der Waals surface area contributed by atoms with Gasteiger partial charge in [0, 0.05) is 26.9 Å². The standard InChI is InChI=1S/C15H12INO3/c1-7-10-3-11-9(4-16)6-19-13(11)8(2)14(10)20-15(18)12(7)5-17/h3,9H,4,6H2,1-2H3. The van der Waals surface area contributed by atoms with Crippen LogP contribution in [0.25, 0.3) is 11.0 Å². The molecule has 0 radical (unpaired) electrons. The van der Waals surface area contributed by atoms with E-state index in [1.54, 1.807) is 6.92 Å². The van der Waals surface area contributed by atoms with Crippen LogP contribution in [0.15, 0.2) is 15.3 Å². The van der Waals surface area contributed by atoms with Crippen LogP contribution >= 0.6 is 22.6 Å². The zero-order valence-corrected chi connectivity index (χ0v) is 13.3. The van der Waals surface area contributed by atoms with Gasteiger partial charge >= 0.3 is 5.63 Å². The second kappa shape index (κ2) is 4.77. The first-order valence-electron chi connectivity index (χ1n) is 6.28. The number of halogens is 1. The van der Waals surface area contributed by atoms with Gasteiger partial charge in [0.05, 0.1) is 6.61 Å². The van der Waals surface area contributed by atoms with E-state index in [2.05, 4.69) is 22.6 Å². The molecule has 1 unspecified atom stereocenters. The highest BCUT2D eigenvalue weighted by Crippen LogP contribution is 2.41. The fourth-order valence-corrected chi connectivity index (χ4v) is 3.40. The average molecular weight is 381 g/mol. The van der Waals surface area contributed by atoms with Gasteiger partial charge < -0.3 is 9.15 Å². The number of hydrogen-bond donors (Lipinski definition) is 0. The van der Waals surface area contributed by atoms with E-state index in [4.69, 9.17) is 14.4 Å². The molecule has 1 aromatic heterocycles. The number of rotatable bonds is 1. The van der Waals surface area contributed by atoms with Crippen LogP contribution in [0.1, 0.15) is 28.2 Å². The van der Waals surface area contributed by atoms with Crippen LogP contribution < -0.4 is 10.4 Å². The van der Waals surface area contributed by atoms with E-state index in [1.165, 1.54) is 0 Å². The Morgan fingerprint density at radius 2 is 2.20 bits per heavy atom. The summed E-state index contributed by atoms with van der Waals surface area (Å²) in [4.78, 5) is 11.8. The third kappa shape index (κ3) is 1.74. The van der Waals surface area contributed by atoms with Crippen molar-refractivity contribution in [1.29, 1.82) is 5.26 Å². The minimum atomic E-state index is -0.580. The predicted molar refractivity (Wildman–Crippen MR) is 83.8 cm³/mol. The molecule has 0 aliphatic carbocycles. The van der Waals surface area contributed by atoms with Crippen molar-refractivity contribution in [3.63, 3.8) is 0 Å². The van der Waals surface area contributed by atoms with Crippen molar-refractivity contribution in [2.24, 2.45) is 0 Å². The van der Waals surface area contributed by atoms with E-state index in [9.17, 15) is 4.79 Å². The summed E-state index contributed by atoms with van der Waals surface area (Å²) >= 11 is 2.34. The molecule has 0 saturated carbocycles. The maximum absolute atomic E-state index is 11.8. The molecule has 2 heterocycles. The summed E-state index contributed by atoms with van der Waals surface area (Å²) in [5.41, 5.74) is 2.70. The number of hydrogen-bond acceptors (Lipinski definition) is 4. The van der Waals surface area contributed by atoms with Crippen LogP contribution in [0.3, 0.4) is 0 Å². The molecule has 1 aliphatic heterocycles. The smallest absolute Gasteiger partial charge is 0.354 e. The highest BCUT2D eigenvalue weighted by Gasteiger charge is 2.28. The van der Waals surface area contributed by atoms with Gasteiger partial charge in [0.25, 0.3) is 0 Å². The van der Waals surface area contributed by atoms with Crippen molar-refractivity contribution < 1.29 is 9.15 Å². The monoisotopic (exact) mass is 381 g/mol. The number of alkyl halides is 1. The molecular weight excluding hydrogens is 369 g/mol. The number of nitriles is 1. The van der Waals surface area contributed by atoms with E-state index >= 15 is 0 Å². The zero-order valence-electron chi connectivity index (χ0n) is 11.1. The highest BCUT2D eigenvalue weighted by atomic mass is 127. The minimum absolute atomic E-state index is 0.0850. The molecule has 0 bridgehead atoms. The first-order chi connectivity index (χ1) is 9.58. The van der Waals surface area contributed by atoms with Gasteiger partial charge in [0.1, 0.15) is 23.0 Å². The van der Waals surface area contributed by atoms with Gasteiger partial charge in [0.2, 0.25) is 0 Å². The van der Waals surface area contributed by atoms with Crippen molar-refractivity contribution >= 4 is 33.6 Å². The summed E-state index contributed by atoms with van der Waals surface area (Å²) < 4.78 is 12.0. The first-order valence-corrected chi connectivity index (χ1v) is 7.80. The Kier molecular flexibility index (Phi) is 3.21. The number of aryl methyl sites for hydroxylation is 2. The summed E-state index contributed by atoms with van der Waals surface area (Å²) in [5, 5.41) is 9.91. The molecule has 2 aromatic rings. The topological polar surface area (TPSA) is 63.2 Å². The van der Waals surface area contributed by atoms with Gasteiger partial charge in [-0.3, -0.25) is 0 Å². The molecule has 3 rings (SSSR count). The second-order valence-electron chi connectivity index (χ2n) is 4.96. The fraction of sp³-hybridized carbons (Fsp3) is 0.333. The summed E-state index contributed by atoms with van der Waals surface area (Å²) in [6, 6.07) is 3.94. The van der Waals surface area contributed by atoms with E-state index in [0.717, 1.165) is 26.7 Å². The van der Waals surface area contributed by atoms with Crippen molar-refractivity contribution in [2.75, 3.05) is 11.0 Å². The molecule has 0 N–H and O–H groups in total. The SMILES string of the molecule is Cc1c(C#N)c(=O)oc2c(C)c3c(cc12)C(CI)CO3. The molecule has 1 aliphatic rings. The minimum Gasteiger partial charge on any atom is -0.492 e. The van der Waals surface area contributed by atoms with Gasteiger partial charge in [0.15, 0.2) is 0 Å². The molecule has 4 nitrogen and oxygen atoms in total. The lowest BCUT2D eigenvalue weighted by molar-refractivity contribution is 0.337. The molecule has 0 fully saturated rings. The quantitative estimate of drug-likeness (QED) is 0.433. The van der Waals surface area contributed by atoms with Crippen LogP contribution in [0.4, 0.5) is 0 Å². The molecule has 0 spiro atoms. The molecule has 102 valence electrons. The predicted octanol–water partition coefficient (Wildman–Crippen LogP) is 3.19. The Morgan fingerprint density at radius 3 is 2.85 bits per heavy atom. The molecule has 20 heavy (non-hydrogen) atoms. The molecule has 1 aromatic carbocycles. The first kappa shape index (κ1) is 13.4. The average Bonchev–Trinajstić information content (AvgIpc) is 2.84. The van der Waals surface area contributed by atoms with Crippen molar-refractivity contribution in [3.05, 3.63) is 38.7 Å². The highest BCUT2D eigenvalue weighted by molar-refractivity contribution is 14.1. The molecule has 0 saturated heterocycles.